The molecule has 0 heterocycles. The van der Waals surface area contributed by atoms with E-state index < -0.39 is 23.4 Å². The average Bonchev–Trinajstić information content (AvgIpc) is 0.819. The number of benzene rings is 6. The number of phenolic OH excluding ortho intramolecular Hbond substituents is 1. The van der Waals surface area contributed by atoms with Crippen molar-refractivity contribution in [2.45, 2.75) is 169 Å². The maximum atomic E-state index is 12.7. The molecule has 2 amide bonds. The maximum absolute atomic E-state index is 12.7. The summed E-state index contributed by atoms with van der Waals surface area (Å²) in [6.07, 6.45) is 16.2. The summed E-state index contributed by atoms with van der Waals surface area (Å²) in [6, 6.07) is 27.1. The number of nitrogens with two attached hydrogens (primary N) is 2. The molecule has 10 rings (SSSR count). The molecule has 0 saturated heterocycles. The van der Waals surface area contributed by atoms with E-state index in [1.807, 2.05) is 66.7 Å². The largest absolute Gasteiger partial charge is 0.507 e. The summed E-state index contributed by atoms with van der Waals surface area (Å²) in [7, 11) is 1.57. The van der Waals surface area contributed by atoms with E-state index in [0.29, 0.717) is 40.6 Å². The molecule has 17 nitrogen and oxygen atoms in total. The monoisotopic (exact) mass is 1180 g/mol. The number of aliphatic imine (C=N–C) groups is 2. The Balaban J connectivity index is 0.000000223. The summed E-state index contributed by atoms with van der Waals surface area (Å²) in [5.74, 6) is 1.88. The van der Waals surface area contributed by atoms with Crippen LogP contribution >= 0.6 is 0 Å². The van der Waals surface area contributed by atoms with Crippen molar-refractivity contribution in [3.05, 3.63) is 152 Å². The van der Waals surface area contributed by atoms with Gasteiger partial charge in [0.2, 0.25) is 5.96 Å². The van der Waals surface area contributed by atoms with Crippen molar-refractivity contribution >= 4 is 48.1 Å². The molecule has 0 atom stereocenters. The van der Waals surface area contributed by atoms with E-state index >= 15 is 0 Å². The van der Waals surface area contributed by atoms with Gasteiger partial charge in [-0.3, -0.25) is 20.2 Å². The summed E-state index contributed by atoms with van der Waals surface area (Å²) < 4.78 is 35.4. The van der Waals surface area contributed by atoms with Crippen LogP contribution in [0.4, 0.5) is 21.0 Å². The van der Waals surface area contributed by atoms with Gasteiger partial charge in [-0.05, 0) is 248 Å². The van der Waals surface area contributed by atoms with E-state index in [0.717, 1.165) is 166 Å². The third-order valence-electron chi connectivity index (χ3n) is 15.7. The number of alkyl carbamates (subject to hydrolysis) is 2. The molecule has 0 unspecified atom stereocenters. The molecule has 0 radical (unpaired) electrons. The predicted octanol–water partition coefficient (Wildman–Crippen LogP) is 13.6. The number of amides is 2. The number of aldehydes is 2. The first-order valence-electron chi connectivity index (χ1n) is 30.3. The first-order chi connectivity index (χ1) is 41.8. The van der Waals surface area contributed by atoms with Crippen molar-refractivity contribution in [2.75, 3.05) is 13.9 Å². The Labute approximate surface area is 510 Å². The van der Waals surface area contributed by atoms with E-state index in [1.165, 1.54) is 33.4 Å². The zero-order valence-corrected chi connectivity index (χ0v) is 51.3. The lowest BCUT2D eigenvalue weighted by Crippen LogP contribution is -2.47. The Morgan fingerprint density at radius 2 is 0.954 bits per heavy atom. The van der Waals surface area contributed by atoms with Crippen LogP contribution in [0.3, 0.4) is 0 Å². The minimum atomic E-state index is -0.781. The molecule has 0 aromatic heterocycles. The molecular weight excluding hydrogens is 1100 g/mol. The molecule has 0 saturated carbocycles. The molecule has 0 fully saturated rings. The van der Waals surface area contributed by atoms with E-state index in [4.69, 9.17) is 39.9 Å². The molecule has 0 spiro atoms. The standard InChI is InChI=1S/C41H51N3O8.C29H31N3O3/c1-40(2,3)51-38(46)43-37(44-39(47)52-41(4,5)6)42-30-16-12-13-26(21-30)24-49-33-20-19-27-14-8-10-17-31(27)34(33)35-32-18-11-9-15-28(32)22-29(23-45)36(35)50-25-48-7;30-29(31)32-22-9-5-6-18(14-22)17-35-25-13-12-19-7-1-3-10-23(19)26(25)27-24-11-4-2-8-20(24)15-21(16-33)28(27)34/h12-13,16,19-23H,8-11,14-15,17-18,24-25H2,1-7H3,(H2,42,43,44,46,47);5-6,9,12-16,34H,1-4,7-8,10-11,17H2,(H4,30,31,32). The van der Waals surface area contributed by atoms with Gasteiger partial charge in [0, 0.05) is 29.4 Å². The van der Waals surface area contributed by atoms with Gasteiger partial charge in [0.15, 0.2) is 25.3 Å². The SMILES string of the molecule is COCOc1c(C=O)cc2c(c1-c1c(OCc3cccc(N=C(NC(=O)OC(C)(C)C)NC(=O)OC(C)(C)C)c3)ccc3c1CCCC3)CCCC2.NC(N)=Nc1cccc(COc2ccc3c(c2-c2c(O)c(C=O)cc4c2CCCC4)CCCC3)c1. The van der Waals surface area contributed by atoms with Crippen LogP contribution in [0, 0.1) is 0 Å². The van der Waals surface area contributed by atoms with Gasteiger partial charge in [-0.25, -0.2) is 19.6 Å². The summed E-state index contributed by atoms with van der Waals surface area (Å²) >= 11 is 0. The van der Waals surface area contributed by atoms with Gasteiger partial charge in [-0.15, -0.1) is 0 Å². The number of carbonyl (C=O) groups excluding carboxylic acids is 4. The first kappa shape index (κ1) is 62.8. The number of methoxy groups -OCH3 is 1. The molecule has 17 heteroatoms. The topological polar surface area (TPSA) is 245 Å². The fourth-order valence-electron chi connectivity index (χ4n) is 12.1. The average molecular weight is 1180 g/mol. The van der Waals surface area contributed by atoms with Crippen molar-refractivity contribution < 1.29 is 52.7 Å². The Hall–Kier alpha value is -8.70. The van der Waals surface area contributed by atoms with Crippen LogP contribution in [0.25, 0.3) is 22.3 Å². The second-order valence-electron chi connectivity index (χ2n) is 24.6. The number of ether oxygens (including phenoxy) is 6. The normalized spacial score (nSPS) is 14.1. The number of nitrogens with one attached hydrogen (secondary N) is 2. The van der Waals surface area contributed by atoms with Crippen molar-refractivity contribution in [3.8, 4) is 45.3 Å². The highest BCUT2D eigenvalue weighted by Gasteiger charge is 2.31. The Bertz CT molecular complexity index is 3560. The number of hydrogen-bond acceptors (Lipinski definition) is 13. The number of aryl methyl sites for hydroxylation is 4. The summed E-state index contributed by atoms with van der Waals surface area (Å²) in [5, 5.41) is 16.4. The van der Waals surface area contributed by atoms with E-state index in [2.05, 4.69) is 32.8 Å². The summed E-state index contributed by atoms with van der Waals surface area (Å²) in [5.41, 5.74) is 26.6. The number of hydrogen-bond donors (Lipinski definition) is 5. The highest BCUT2D eigenvalue weighted by molar-refractivity contribution is 6.02. The van der Waals surface area contributed by atoms with Crippen molar-refractivity contribution in [3.63, 3.8) is 0 Å². The van der Waals surface area contributed by atoms with Gasteiger partial charge in [0.1, 0.15) is 47.4 Å². The number of rotatable bonds is 15. The first-order valence-corrected chi connectivity index (χ1v) is 30.3. The molecule has 4 aliphatic carbocycles. The highest BCUT2D eigenvalue weighted by Crippen LogP contribution is 2.50. The van der Waals surface area contributed by atoms with Crippen molar-refractivity contribution in [1.29, 1.82) is 0 Å². The molecule has 4 aliphatic rings. The van der Waals surface area contributed by atoms with E-state index in [9.17, 15) is 24.3 Å². The molecule has 458 valence electrons. The zero-order valence-electron chi connectivity index (χ0n) is 51.3. The quantitative estimate of drug-likeness (QED) is 0.0278. The van der Waals surface area contributed by atoms with Crippen LogP contribution in [0.1, 0.15) is 169 Å². The van der Waals surface area contributed by atoms with Crippen LogP contribution < -0.4 is 36.3 Å². The van der Waals surface area contributed by atoms with E-state index in [-0.39, 0.29) is 31.1 Å². The maximum Gasteiger partial charge on any atom is 0.414 e. The number of nitrogens with zero attached hydrogens (tertiary/aromatic N) is 2. The van der Waals surface area contributed by atoms with Gasteiger partial charge < -0.3 is 45.0 Å². The Kier molecular flexibility index (Phi) is 20.4. The van der Waals surface area contributed by atoms with Crippen molar-refractivity contribution in [1.82, 2.24) is 10.6 Å². The Morgan fingerprint density at radius 3 is 1.41 bits per heavy atom. The third-order valence-corrected chi connectivity index (χ3v) is 15.7. The number of carbonyl (C=O) groups is 4. The summed E-state index contributed by atoms with van der Waals surface area (Å²) in [4.78, 5) is 58.3. The molecule has 6 aromatic carbocycles. The zero-order chi connectivity index (χ0) is 61.8. The summed E-state index contributed by atoms with van der Waals surface area (Å²) in [6.45, 7) is 11.0. The lowest BCUT2D eigenvalue weighted by Gasteiger charge is -2.28. The number of phenols is 1. The van der Waals surface area contributed by atoms with E-state index in [1.54, 1.807) is 54.7 Å². The Morgan fingerprint density at radius 1 is 0.529 bits per heavy atom. The predicted molar refractivity (Wildman–Crippen MR) is 338 cm³/mol. The molecular formula is C70H82N6O11. The van der Waals surface area contributed by atoms with Crippen LogP contribution in [-0.4, -0.2) is 66.9 Å². The van der Waals surface area contributed by atoms with Crippen LogP contribution in [0.15, 0.2) is 94.9 Å². The number of guanidine groups is 2. The van der Waals surface area contributed by atoms with Gasteiger partial charge in [-0.2, -0.15) is 0 Å². The third kappa shape index (κ3) is 16.0. The lowest BCUT2D eigenvalue weighted by molar-refractivity contribution is 0.0507. The smallest absolute Gasteiger partial charge is 0.414 e. The second kappa shape index (κ2) is 28.2. The fraction of sp³-hybridized carbons (Fsp3) is 0.400. The molecule has 7 N–H and O–H groups in total. The molecule has 0 aliphatic heterocycles. The molecule has 87 heavy (non-hydrogen) atoms. The van der Waals surface area contributed by atoms with Crippen LogP contribution in [0.2, 0.25) is 0 Å². The van der Waals surface area contributed by atoms with Gasteiger partial charge in [0.05, 0.1) is 22.5 Å². The molecule has 0 bridgehead atoms. The number of aromatic hydroxyl groups is 1. The minimum Gasteiger partial charge on any atom is -0.507 e. The minimum absolute atomic E-state index is 0.00958. The number of fused-ring (bicyclic) bond motifs is 4. The van der Waals surface area contributed by atoms with Gasteiger partial charge in [0.25, 0.3) is 0 Å². The van der Waals surface area contributed by atoms with Gasteiger partial charge in [-0.1, -0.05) is 36.4 Å². The van der Waals surface area contributed by atoms with Crippen LogP contribution in [0.5, 0.6) is 23.0 Å². The van der Waals surface area contributed by atoms with Crippen molar-refractivity contribution in [2.24, 2.45) is 21.5 Å². The second-order valence-corrected chi connectivity index (χ2v) is 24.6. The van der Waals surface area contributed by atoms with Gasteiger partial charge >= 0.3 is 12.2 Å². The molecule has 6 aromatic rings. The highest BCUT2D eigenvalue weighted by atomic mass is 16.7. The fourth-order valence-corrected chi connectivity index (χ4v) is 12.1. The lowest BCUT2D eigenvalue weighted by atomic mass is 9.79. The van der Waals surface area contributed by atoms with Crippen LogP contribution in [-0.2, 0) is 78.8 Å².